The lowest BCUT2D eigenvalue weighted by molar-refractivity contribution is -0.147. The Kier molecular flexibility index (Phi) is 9.26. The van der Waals surface area contributed by atoms with Gasteiger partial charge in [0.2, 0.25) is 0 Å². The summed E-state index contributed by atoms with van der Waals surface area (Å²) in [6, 6.07) is 21.1. The molecule has 1 aliphatic rings. The van der Waals surface area contributed by atoms with E-state index in [1.54, 1.807) is 4.90 Å². The molecule has 2 amide bonds. The van der Waals surface area contributed by atoms with Gasteiger partial charge in [-0.2, -0.15) is 0 Å². The molecule has 0 radical (unpaired) electrons. The molecular weight excluding hydrogens is 400 g/mol. The summed E-state index contributed by atoms with van der Waals surface area (Å²) in [5.41, 5.74) is 2.48. The zero-order chi connectivity index (χ0) is 22.8. The van der Waals surface area contributed by atoms with Crippen molar-refractivity contribution in [2.24, 2.45) is 0 Å². The van der Waals surface area contributed by atoms with Crippen molar-refractivity contribution >= 4 is 11.8 Å². The smallest absolute Gasteiger partial charge is 0.311 e. The van der Waals surface area contributed by atoms with Gasteiger partial charge in [0.1, 0.15) is 0 Å². The summed E-state index contributed by atoms with van der Waals surface area (Å²) in [7, 11) is 0. The van der Waals surface area contributed by atoms with Gasteiger partial charge in [-0.05, 0) is 37.2 Å². The van der Waals surface area contributed by atoms with Gasteiger partial charge < -0.3 is 15.1 Å². The Morgan fingerprint density at radius 1 is 0.875 bits per heavy atom. The van der Waals surface area contributed by atoms with Crippen molar-refractivity contribution in [2.75, 3.05) is 52.4 Å². The summed E-state index contributed by atoms with van der Waals surface area (Å²) in [6.07, 6.45) is 0.851. The summed E-state index contributed by atoms with van der Waals surface area (Å²) < 4.78 is 0. The molecule has 0 aromatic heterocycles. The average molecular weight is 437 g/mol. The highest BCUT2D eigenvalue weighted by molar-refractivity contribution is 6.35. The fourth-order valence-electron chi connectivity index (χ4n) is 4.33. The van der Waals surface area contributed by atoms with Gasteiger partial charge in [-0.3, -0.25) is 14.5 Å². The van der Waals surface area contributed by atoms with Crippen molar-refractivity contribution in [1.82, 2.24) is 20.0 Å². The van der Waals surface area contributed by atoms with Crippen LogP contribution in [0.25, 0.3) is 0 Å². The van der Waals surface area contributed by atoms with Crippen LogP contribution < -0.4 is 5.32 Å². The first-order valence-electron chi connectivity index (χ1n) is 11.8. The number of benzene rings is 2. The van der Waals surface area contributed by atoms with Crippen LogP contribution in [0.4, 0.5) is 0 Å². The fraction of sp³-hybridized carbons (Fsp3) is 0.462. The fourth-order valence-corrected chi connectivity index (χ4v) is 4.33. The Morgan fingerprint density at radius 3 is 1.91 bits per heavy atom. The number of carbonyl (C=O) groups excluding carboxylic acids is 2. The molecule has 2 aromatic carbocycles. The predicted octanol–water partition coefficient (Wildman–Crippen LogP) is 2.77. The molecule has 1 heterocycles. The number of hydrogen-bond donors (Lipinski definition) is 1. The molecule has 0 atom stereocenters. The van der Waals surface area contributed by atoms with E-state index in [1.165, 1.54) is 11.1 Å². The van der Waals surface area contributed by atoms with Crippen LogP contribution in [0.1, 0.15) is 37.4 Å². The van der Waals surface area contributed by atoms with E-state index in [2.05, 4.69) is 77.5 Å². The monoisotopic (exact) mass is 436 g/mol. The van der Waals surface area contributed by atoms with Crippen LogP contribution in [0, 0.1) is 0 Å². The first kappa shape index (κ1) is 24.0. The second-order valence-corrected chi connectivity index (χ2v) is 8.19. The lowest BCUT2D eigenvalue weighted by Gasteiger charge is -2.39. The average Bonchev–Trinajstić information content (AvgIpc) is 2.85. The quantitative estimate of drug-likeness (QED) is 0.485. The molecule has 2 aromatic rings. The number of piperazine rings is 1. The number of hydrogen-bond acceptors (Lipinski definition) is 4. The summed E-state index contributed by atoms with van der Waals surface area (Å²) in [5.74, 6) is -0.899. The van der Waals surface area contributed by atoms with Crippen molar-refractivity contribution in [3.05, 3.63) is 71.8 Å². The van der Waals surface area contributed by atoms with E-state index in [0.717, 1.165) is 39.1 Å². The van der Waals surface area contributed by atoms with Gasteiger partial charge >= 0.3 is 11.8 Å². The normalized spacial score (nSPS) is 14.7. The van der Waals surface area contributed by atoms with Crippen LogP contribution in [-0.2, 0) is 9.59 Å². The van der Waals surface area contributed by atoms with E-state index in [-0.39, 0.29) is 6.04 Å². The van der Waals surface area contributed by atoms with Crippen molar-refractivity contribution in [2.45, 2.75) is 26.3 Å². The van der Waals surface area contributed by atoms with Crippen molar-refractivity contribution in [3.8, 4) is 0 Å². The molecule has 3 rings (SSSR count). The number of amides is 2. The minimum Gasteiger partial charge on any atom is -0.348 e. The highest BCUT2D eigenvalue weighted by Crippen LogP contribution is 2.29. The zero-order valence-electron chi connectivity index (χ0n) is 19.4. The van der Waals surface area contributed by atoms with Crippen LogP contribution in [0.2, 0.25) is 0 Å². The van der Waals surface area contributed by atoms with E-state index in [0.29, 0.717) is 19.6 Å². The van der Waals surface area contributed by atoms with Gasteiger partial charge in [-0.1, -0.05) is 74.5 Å². The summed E-state index contributed by atoms with van der Waals surface area (Å²) in [4.78, 5) is 31.4. The molecule has 32 heavy (non-hydrogen) atoms. The lowest BCUT2D eigenvalue weighted by Crippen LogP contribution is -2.53. The van der Waals surface area contributed by atoms with Gasteiger partial charge in [-0.25, -0.2) is 0 Å². The van der Waals surface area contributed by atoms with Gasteiger partial charge in [0.05, 0.1) is 6.04 Å². The molecule has 172 valence electrons. The second-order valence-electron chi connectivity index (χ2n) is 8.19. The second kappa shape index (κ2) is 12.4. The van der Waals surface area contributed by atoms with Crippen LogP contribution in [-0.4, -0.2) is 78.9 Å². The Bertz CT molecular complexity index is 792. The standard InChI is InChI=1S/C26H36N4O2/c1-3-28(4-2)17-11-16-27-25(31)26(32)30-20-18-29(19-21-30)24(22-12-7-5-8-13-22)23-14-9-6-10-15-23/h5-10,12-15,24H,3-4,11,16-21H2,1-2H3,(H,27,31). The predicted molar refractivity (Wildman–Crippen MR) is 128 cm³/mol. The molecule has 1 saturated heterocycles. The highest BCUT2D eigenvalue weighted by Gasteiger charge is 2.30. The molecule has 6 nitrogen and oxygen atoms in total. The number of nitrogens with one attached hydrogen (secondary N) is 1. The van der Waals surface area contributed by atoms with E-state index in [4.69, 9.17) is 0 Å². The van der Waals surface area contributed by atoms with Gasteiger partial charge in [0.25, 0.3) is 0 Å². The number of nitrogens with zero attached hydrogens (tertiary/aromatic N) is 3. The maximum atomic E-state index is 12.6. The molecule has 0 unspecified atom stereocenters. The van der Waals surface area contributed by atoms with E-state index in [9.17, 15) is 9.59 Å². The minimum atomic E-state index is -0.485. The molecule has 6 heteroatoms. The number of rotatable bonds is 9. The van der Waals surface area contributed by atoms with E-state index < -0.39 is 11.8 Å². The molecular formula is C26H36N4O2. The number of carbonyl (C=O) groups is 2. The maximum absolute atomic E-state index is 12.6. The molecule has 0 spiro atoms. The topological polar surface area (TPSA) is 55.9 Å². The van der Waals surface area contributed by atoms with Crippen molar-refractivity contribution in [1.29, 1.82) is 0 Å². The molecule has 0 bridgehead atoms. The molecule has 1 N–H and O–H groups in total. The third-order valence-electron chi connectivity index (χ3n) is 6.22. The Balaban J connectivity index is 1.54. The SMILES string of the molecule is CCN(CC)CCCNC(=O)C(=O)N1CCN(C(c2ccccc2)c2ccccc2)CC1. The third kappa shape index (κ3) is 6.40. The summed E-state index contributed by atoms with van der Waals surface area (Å²) >= 11 is 0. The van der Waals surface area contributed by atoms with E-state index >= 15 is 0 Å². The zero-order valence-corrected chi connectivity index (χ0v) is 19.4. The Hall–Kier alpha value is -2.70. The van der Waals surface area contributed by atoms with Crippen LogP contribution in [0.15, 0.2) is 60.7 Å². The molecule has 0 aliphatic carbocycles. The highest BCUT2D eigenvalue weighted by atomic mass is 16.2. The van der Waals surface area contributed by atoms with E-state index in [1.807, 2.05) is 12.1 Å². The minimum absolute atomic E-state index is 0.142. The van der Waals surface area contributed by atoms with Crippen molar-refractivity contribution < 1.29 is 9.59 Å². The first-order chi connectivity index (χ1) is 15.6. The largest absolute Gasteiger partial charge is 0.348 e. The summed E-state index contributed by atoms with van der Waals surface area (Å²) in [6.45, 7) is 10.3. The maximum Gasteiger partial charge on any atom is 0.311 e. The van der Waals surface area contributed by atoms with Gasteiger partial charge in [-0.15, -0.1) is 0 Å². The van der Waals surface area contributed by atoms with Gasteiger partial charge in [0, 0.05) is 32.7 Å². The van der Waals surface area contributed by atoms with Crippen LogP contribution in [0.5, 0.6) is 0 Å². The Morgan fingerprint density at radius 2 is 1.41 bits per heavy atom. The lowest BCUT2D eigenvalue weighted by atomic mass is 9.96. The molecule has 0 saturated carbocycles. The summed E-state index contributed by atoms with van der Waals surface area (Å²) in [5, 5.41) is 2.80. The van der Waals surface area contributed by atoms with Crippen LogP contribution in [0.3, 0.4) is 0 Å². The molecule has 1 fully saturated rings. The Labute approximate surface area is 192 Å². The van der Waals surface area contributed by atoms with Crippen LogP contribution >= 0.6 is 0 Å². The van der Waals surface area contributed by atoms with Crippen molar-refractivity contribution in [3.63, 3.8) is 0 Å². The molecule has 1 aliphatic heterocycles. The van der Waals surface area contributed by atoms with Gasteiger partial charge in [0.15, 0.2) is 0 Å². The third-order valence-corrected chi connectivity index (χ3v) is 6.22. The first-order valence-corrected chi connectivity index (χ1v) is 11.8.